The smallest absolute Gasteiger partial charge is 0.352 e. The molecule has 2 aromatic carbocycles. The lowest BCUT2D eigenvalue weighted by Crippen LogP contribution is -2.43. The van der Waals surface area contributed by atoms with E-state index in [1.165, 1.54) is 12.1 Å². The lowest BCUT2D eigenvalue weighted by molar-refractivity contribution is -0.143. The lowest BCUT2D eigenvalue weighted by atomic mass is 9.74. The third kappa shape index (κ3) is 6.54. The monoisotopic (exact) mass is 504 g/mol. The maximum absolute atomic E-state index is 13.2. The van der Waals surface area contributed by atoms with Gasteiger partial charge in [-0.2, -0.15) is 26.3 Å². The second-order valence-electron chi connectivity index (χ2n) is 9.35. The standard InChI is InChI=1S/C25H27F7N2O/c1-15(2)23(8-7-21(12-23)33-13-16-3-5-20(26)6-4-16)22(35)34-14-17-9-18(24(27,28)29)11-19(10-17)25(30,31)32/h3-6,9-11,15,21,33H,7-8,12-14H2,1-2H3,(H,34,35)/t21-,23+/m1/s1. The average Bonchev–Trinajstić information content (AvgIpc) is 3.21. The maximum atomic E-state index is 13.2. The van der Waals surface area contributed by atoms with Crippen molar-refractivity contribution in [3.63, 3.8) is 0 Å². The van der Waals surface area contributed by atoms with Crippen LogP contribution in [-0.2, 0) is 30.2 Å². The number of hydrogen-bond acceptors (Lipinski definition) is 2. The van der Waals surface area contributed by atoms with Crippen LogP contribution in [0.15, 0.2) is 42.5 Å². The molecule has 2 atom stereocenters. The van der Waals surface area contributed by atoms with E-state index in [2.05, 4.69) is 10.6 Å². The summed E-state index contributed by atoms with van der Waals surface area (Å²) in [6, 6.07) is 7.32. The first kappa shape index (κ1) is 27.0. The predicted octanol–water partition coefficient (Wildman–Crippen LogP) is 6.46. The first-order valence-corrected chi connectivity index (χ1v) is 11.3. The predicted molar refractivity (Wildman–Crippen MR) is 116 cm³/mol. The highest BCUT2D eigenvalue weighted by Gasteiger charge is 2.47. The molecule has 0 aliphatic heterocycles. The number of carbonyl (C=O) groups excluding carboxylic acids is 1. The minimum atomic E-state index is -4.95. The van der Waals surface area contributed by atoms with E-state index in [1.807, 2.05) is 13.8 Å². The highest BCUT2D eigenvalue weighted by Crippen LogP contribution is 2.45. The summed E-state index contributed by atoms with van der Waals surface area (Å²) in [7, 11) is 0. The van der Waals surface area contributed by atoms with E-state index < -0.39 is 41.3 Å². The van der Waals surface area contributed by atoms with Crippen LogP contribution in [0.2, 0.25) is 0 Å². The molecule has 0 radical (unpaired) electrons. The molecular weight excluding hydrogens is 477 g/mol. The molecule has 1 saturated carbocycles. The van der Waals surface area contributed by atoms with Crippen LogP contribution in [0, 0.1) is 17.2 Å². The van der Waals surface area contributed by atoms with E-state index in [9.17, 15) is 35.5 Å². The molecule has 35 heavy (non-hydrogen) atoms. The van der Waals surface area contributed by atoms with Crippen molar-refractivity contribution in [2.24, 2.45) is 11.3 Å². The third-order valence-corrected chi connectivity index (χ3v) is 6.72. The molecule has 3 nitrogen and oxygen atoms in total. The molecule has 10 heteroatoms. The van der Waals surface area contributed by atoms with Gasteiger partial charge in [0.25, 0.3) is 0 Å². The van der Waals surface area contributed by atoms with Gasteiger partial charge in [-0.3, -0.25) is 4.79 Å². The Kier molecular flexibility index (Phi) is 7.83. The van der Waals surface area contributed by atoms with E-state index in [0.717, 1.165) is 5.56 Å². The van der Waals surface area contributed by atoms with Crippen molar-refractivity contribution in [1.29, 1.82) is 0 Å². The van der Waals surface area contributed by atoms with Crippen LogP contribution >= 0.6 is 0 Å². The summed E-state index contributed by atoms with van der Waals surface area (Å²) in [5.41, 5.74) is -3.04. The second kappa shape index (κ2) is 10.2. The van der Waals surface area contributed by atoms with Crippen molar-refractivity contribution in [2.75, 3.05) is 0 Å². The van der Waals surface area contributed by atoms with Crippen molar-refractivity contribution < 1.29 is 35.5 Å². The van der Waals surface area contributed by atoms with Gasteiger partial charge in [-0.1, -0.05) is 26.0 Å². The molecule has 0 heterocycles. The molecule has 1 amide bonds. The Balaban J connectivity index is 1.70. The van der Waals surface area contributed by atoms with Gasteiger partial charge in [-0.15, -0.1) is 0 Å². The number of benzene rings is 2. The van der Waals surface area contributed by atoms with E-state index in [1.54, 1.807) is 12.1 Å². The van der Waals surface area contributed by atoms with Gasteiger partial charge in [0.15, 0.2) is 0 Å². The number of amides is 1. The van der Waals surface area contributed by atoms with Crippen molar-refractivity contribution >= 4 is 5.91 Å². The minimum Gasteiger partial charge on any atom is -0.352 e. The van der Waals surface area contributed by atoms with Gasteiger partial charge in [0, 0.05) is 19.1 Å². The SMILES string of the molecule is CC(C)[C@]1(C(=O)NCc2cc(C(F)(F)F)cc(C(F)(F)F)c2)CC[C@@H](NCc2ccc(F)cc2)C1. The Morgan fingerprint density at radius 1 is 0.943 bits per heavy atom. The summed E-state index contributed by atoms with van der Waals surface area (Å²) < 4.78 is 91.8. The van der Waals surface area contributed by atoms with Gasteiger partial charge in [0.1, 0.15) is 5.82 Å². The van der Waals surface area contributed by atoms with Gasteiger partial charge >= 0.3 is 12.4 Å². The third-order valence-electron chi connectivity index (χ3n) is 6.72. The van der Waals surface area contributed by atoms with Gasteiger partial charge in [-0.05, 0) is 66.6 Å². The number of carbonyl (C=O) groups is 1. The van der Waals surface area contributed by atoms with Gasteiger partial charge in [0.2, 0.25) is 5.91 Å². The Morgan fingerprint density at radius 2 is 1.51 bits per heavy atom. The number of nitrogens with one attached hydrogen (secondary N) is 2. The zero-order chi connectivity index (χ0) is 26.0. The molecule has 0 spiro atoms. The molecule has 0 aromatic heterocycles. The normalized spacial score (nSPS) is 20.9. The Bertz CT molecular complexity index is 999. The van der Waals surface area contributed by atoms with Gasteiger partial charge < -0.3 is 10.6 Å². The fourth-order valence-corrected chi connectivity index (χ4v) is 4.59. The Hall–Kier alpha value is -2.62. The van der Waals surface area contributed by atoms with Crippen LogP contribution < -0.4 is 10.6 Å². The molecule has 1 aliphatic carbocycles. The lowest BCUT2D eigenvalue weighted by Gasteiger charge is -2.32. The summed E-state index contributed by atoms with van der Waals surface area (Å²) in [4.78, 5) is 13.2. The maximum Gasteiger partial charge on any atom is 0.416 e. The molecule has 1 aliphatic rings. The molecule has 2 N–H and O–H groups in total. The highest BCUT2D eigenvalue weighted by molar-refractivity contribution is 5.83. The van der Waals surface area contributed by atoms with Crippen LogP contribution in [0.4, 0.5) is 30.7 Å². The zero-order valence-electron chi connectivity index (χ0n) is 19.3. The van der Waals surface area contributed by atoms with E-state index in [-0.39, 0.29) is 29.4 Å². The fourth-order valence-electron chi connectivity index (χ4n) is 4.59. The topological polar surface area (TPSA) is 41.1 Å². The molecule has 0 bridgehead atoms. The Labute approximate surface area is 199 Å². The average molecular weight is 504 g/mol. The summed E-state index contributed by atoms with van der Waals surface area (Å²) in [5.74, 6) is -0.842. The fraction of sp³-hybridized carbons (Fsp3) is 0.480. The number of rotatable bonds is 7. The van der Waals surface area contributed by atoms with Crippen LogP contribution in [0.25, 0.3) is 0 Å². The molecule has 192 valence electrons. The summed E-state index contributed by atoms with van der Waals surface area (Å²) in [6.45, 7) is 3.76. The zero-order valence-corrected chi connectivity index (χ0v) is 19.3. The van der Waals surface area contributed by atoms with Gasteiger partial charge in [-0.25, -0.2) is 4.39 Å². The van der Waals surface area contributed by atoms with Gasteiger partial charge in [0.05, 0.1) is 16.5 Å². The van der Waals surface area contributed by atoms with Crippen LogP contribution in [0.5, 0.6) is 0 Å². The van der Waals surface area contributed by atoms with E-state index in [4.69, 9.17) is 0 Å². The molecular formula is C25H27F7N2O. The van der Waals surface area contributed by atoms with Crippen molar-refractivity contribution in [2.45, 2.75) is 64.6 Å². The molecule has 1 fully saturated rings. The number of alkyl halides is 6. The molecule has 0 saturated heterocycles. The summed E-state index contributed by atoms with van der Waals surface area (Å²) >= 11 is 0. The van der Waals surface area contributed by atoms with Crippen molar-refractivity contribution in [3.05, 3.63) is 70.5 Å². The number of hydrogen-bond donors (Lipinski definition) is 2. The van der Waals surface area contributed by atoms with E-state index in [0.29, 0.717) is 37.9 Å². The van der Waals surface area contributed by atoms with Crippen LogP contribution in [-0.4, -0.2) is 11.9 Å². The van der Waals surface area contributed by atoms with Crippen molar-refractivity contribution in [3.8, 4) is 0 Å². The minimum absolute atomic E-state index is 0.0152. The summed E-state index contributed by atoms with van der Waals surface area (Å²) in [6.07, 6.45) is -8.24. The highest BCUT2D eigenvalue weighted by atomic mass is 19.4. The van der Waals surface area contributed by atoms with Crippen LogP contribution in [0.1, 0.15) is 55.4 Å². The van der Waals surface area contributed by atoms with E-state index >= 15 is 0 Å². The first-order valence-electron chi connectivity index (χ1n) is 11.3. The first-order chi connectivity index (χ1) is 16.2. The van der Waals surface area contributed by atoms with Crippen molar-refractivity contribution in [1.82, 2.24) is 10.6 Å². The molecule has 0 unspecified atom stereocenters. The Morgan fingerprint density at radius 3 is 2.03 bits per heavy atom. The quantitative estimate of drug-likeness (QED) is 0.425. The molecule has 2 aromatic rings. The second-order valence-corrected chi connectivity index (χ2v) is 9.35. The van der Waals surface area contributed by atoms with Crippen LogP contribution in [0.3, 0.4) is 0 Å². The number of halogens is 7. The molecule has 3 rings (SSSR count). The largest absolute Gasteiger partial charge is 0.416 e. The summed E-state index contributed by atoms with van der Waals surface area (Å²) in [5, 5.41) is 5.93.